The molecule has 2 aliphatic heterocycles. The first-order valence-electron chi connectivity index (χ1n) is 26.3. The Morgan fingerprint density at radius 3 is 1.39 bits per heavy atom. The highest BCUT2D eigenvalue weighted by Gasteiger charge is 2.50. The summed E-state index contributed by atoms with van der Waals surface area (Å²) in [4.78, 5) is 5.54. The number of thiophene rings is 2. The molecule has 0 saturated carbocycles. The minimum absolute atomic E-state index is 0.00384. The summed E-state index contributed by atoms with van der Waals surface area (Å²) < 4.78 is 8.19. The molecular weight excluding hydrogens is 910 g/mol. The summed E-state index contributed by atoms with van der Waals surface area (Å²) in [6.07, 6.45) is 2.35. The van der Waals surface area contributed by atoms with Crippen LogP contribution in [0.4, 0.5) is 34.1 Å². The van der Waals surface area contributed by atoms with Crippen molar-refractivity contribution in [3.05, 3.63) is 155 Å². The molecule has 6 heterocycles. The number of nitrogens with zero attached hydrogens (tertiary/aromatic N) is 3. The van der Waals surface area contributed by atoms with Gasteiger partial charge in [0, 0.05) is 62.6 Å². The van der Waals surface area contributed by atoms with Crippen LogP contribution in [0.1, 0.15) is 131 Å². The lowest BCUT2D eigenvalue weighted by atomic mass is 9.38. The molecule has 0 bridgehead atoms. The summed E-state index contributed by atoms with van der Waals surface area (Å²) in [5, 5.41) is 7.98. The quantitative estimate of drug-likeness (QED) is 0.160. The third-order valence-electron chi connectivity index (χ3n) is 17.4. The van der Waals surface area contributed by atoms with E-state index in [-0.39, 0.29) is 33.8 Å². The van der Waals surface area contributed by atoms with E-state index in [0.717, 1.165) is 6.42 Å². The van der Waals surface area contributed by atoms with Crippen LogP contribution in [-0.2, 0) is 27.1 Å². The molecule has 6 heteroatoms. The van der Waals surface area contributed by atoms with Crippen molar-refractivity contribution in [3.63, 3.8) is 0 Å². The summed E-state index contributed by atoms with van der Waals surface area (Å²) in [5.74, 6) is 0. The first-order valence-corrected chi connectivity index (χ1v) is 28.0. The maximum atomic E-state index is 2.80. The Hall–Kier alpha value is -6.08. The molecular formula is C66H64BN3S2. The van der Waals surface area contributed by atoms with Crippen LogP contribution in [0, 0.1) is 0 Å². The Balaban J connectivity index is 1.23. The van der Waals surface area contributed by atoms with Gasteiger partial charge in [-0.25, -0.2) is 0 Å². The summed E-state index contributed by atoms with van der Waals surface area (Å²) in [6.45, 7) is 31.1. The number of para-hydroxylation sites is 2. The third-order valence-corrected chi connectivity index (χ3v) is 19.9. The highest BCUT2D eigenvalue weighted by Crippen LogP contribution is 2.58. The Bertz CT molecular complexity index is 4120. The molecule has 0 radical (unpaired) electrons. The van der Waals surface area contributed by atoms with Crippen LogP contribution >= 0.6 is 22.7 Å². The van der Waals surface area contributed by atoms with E-state index in [9.17, 15) is 0 Å². The van der Waals surface area contributed by atoms with Crippen LogP contribution in [0.3, 0.4) is 0 Å². The summed E-state index contributed by atoms with van der Waals surface area (Å²) in [6, 6.07) is 50.6. The molecule has 358 valence electrons. The third kappa shape index (κ3) is 5.97. The van der Waals surface area contributed by atoms with E-state index in [2.05, 4.69) is 232 Å². The number of anilines is 6. The summed E-state index contributed by atoms with van der Waals surface area (Å²) >= 11 is 4.06. The van der Waals surface area contributed by atoms with Crippen LogP contribution in [0.15, 0.2) is 127 Å². The molecule has 0 saturated heterocycles. The zero-order valence-electron chi connectivity index (χ0n) is 44.3. The SMILES string of the molecule is CC(C)(C)c1ccc(N2c3c(sc4ccc(C(C)(C)C)cc34)B3c4sc5ccc(C(C)(C)C)cc5c4N(c4ccc5c(c4)C(C)(C)CCC5(C)C)c4c3c2c2c3ccccc3n3c5ccccc5c4c23)cc1. The van der Waals surface area contributed by atoms with E-state index in [0.29, 0.717) is 0 Å². The van der Waals surface area contributed by atoms with Gasteiger partial charge in [-0.1, -0.05) is 157 Å². The van der Waals surface area contributed by atoms with E-state index in [1.54, 1.807) is 0 Å². The van der Waals surface area contributed by atoms with Gasteiger partial charge >= 0.3 is 0 Å². The van der Waals surface area contributed by atoms with Gasteiger partial charge in [0.05, 0.1) is 39.3 Å². The average Bonchev–Trinajstić information content (AvgIpc) is 4.09. The molecule has 7 aromatic carbocycles. The zero-order valence-corrected chi connectivity index (χ0v) is 45.9. The van der Waals surface area contributed by atoms with Crippen molar-refractivity contribution in [1.82, 2.24) is 4.40 Å². The predicted octanol–water partition coefficient (Wildman–Crippen LogP) is 17.6. The van der Waals surface area contributed by atoms with Crippen molar-refractivity contribution in [1.29, 1.82) is 0 Å². The standard InChI is InChI=1S/C66H64BN3S2/c1-62(2,3)37-22-26-40(27-23-37)68-55-44-34-38(63(4,5)6)24-30-50(44)71-60(55)67-54-58(68)52-42-18-14-16-20-48(42)70-49-21-17-15-19-43(49)53(57(52)70)59(54)69(41-28-29-46-47(36-41)66(12,13)33-32-65(46,10)11)56-45-35-39(64(7,8)9)25-31-51(45)72-61(56)67/h14-31,34-36H,32-33H2,1-13H3. The molecule has 4 aromatic heterocycles. The molecule has 0 spiro atoms. The summed E-state index contributed by atoms with van der Waals surface area (Å²) in [7, 11) is 0. The molecule has 1 aliphatic carbocycles. The lowest BCUT2D eigenvalue weighted by molar-refractivity contribution is 0.332. The minimum atomic E-state index is -0.0214. The second-order valence-electron chi connectivity index (χ2n) is 26.0. The molecule has 11 aromatic rings. The van der Waals surface area contributed by atoms with Crippen LogP contribution in [-0.4, -0.2) is 11.1 Å². The van der Waals surface area contributed by atoms with Gasteiger partial charge in [0.25, 0.3) is 6.71 Å². The average molecular weight is 974 g/mol. The Kier molecular flexibility index (Phi) is 8.90. The molecule has 0 atom stereocenters. The van der Waals surface area contributed by atoms with Gasteiger partial charge in [0.15, 0.2) is 0 Å². The number of rotatable bonds is 2. The Morgan fingerprint density at radius 1 is 0.444 bits per heavy atom. The second kappa shape index (κ2) is 14.4. The number of aromatic nitrogens is 1. The maximum absolute atomic E-state index is 2.80. The van der Waals surface area contributed by atoms with Gasteiger partial charge in [-0.15, -0.1) is 22.7 Å². The Morgan fingerprint density at radius 2 is 0.889 bits per heavy atom. The fraction of sp³-hybridized carbons (Fsp3) is 0.303. The fourth-order valence-corrected chi connectivity index (χ4v) is 15.9. The number of fused-ring (bicyclic) bond motifs is 17. The highest BCUT2D eigenvalue weighted by molar-refractivity contribution is 7.41. The van der Waals surface area contributed by atoms with Gasteiger partial charge in [-0.05, 0) is 134 Å². The van der Waals surface area contributed by atoms with Crippen LogP contribution in [0.5, 0.6) is 0 Å². The van der Waals surface area contributed by atoms with Gasteiger partial charge in [0.1, 0.15) is 0 Å². The van der Waals surface area contributed by atoms with Gasteiger partial charge in [-0.3, -0.25) is 0 Å². The van der Waals surface area contributed by atoms with Crippen LogP contribution in [0.2, 0.25) is 0 Å². The van der Waals surface area contributed by atoms with Gasteiger partial charge in [0.2, 0.25) is 0 Å². The van der Waals surface area contributed by atoms with Crippen molar-refractivity contribution in [2.75, 3.05) is 9.80 Å². The largest absolute Gasteiger partial charge is 0.309 e. The first kappa shape index (κ1) is 44.6. The summed E-state index contributed by atoms with van der Waals surface area (Å²) in [5.41, 5.74) is 20.2. The molecule has 0 N–H and O–H groups in total. The second-order valence-corrected chi connectivity index (χ2v) is 28.2. The van der Waals surface area contributed by atoms with Crippen molar-refractivity contribution in [2.24, 2.45) is 0 Å². The minimum Gasteiger partial charge on any atom is -0.309 e. The number of hydrogen-bond acceptors (Lipinski definition) is 4. The van der Waals surface area contributed by atoms with E-state index < -0.39 is 0 Å². The van der Waals surface area contributed by atoms with Crippen molar-refractivity contribution in [2.45, 2.75) is 130 Å². The monoisotopic (exact) mass is 973 g/mol. The lowest BCUT2D eigenvalue weighted by Gasteiger charge is -2.45. The molecule has 14 rings (SSSR count). The van der Waals surface area contributed by atoms with Crippen molar-refractivity contribution in [3.8, 4) is 0 Å². The zero-order chi connectivity index (χ0) is 49.9. The van der Waals surface area contributed by atoms with Gasteiger partial charge < -0.3 is 14.2 Å². The molecule has 0 fully saturated rings. The topological polar surface area (TPSA) is 10.9 Å². The maximum Gasteiger partial charge on any atom is 0.277 e. The first-order chi connectivity index (χ1) is 34.1. The van der Waals surface area contributed by atoms with Crippen molar-refractivity contribution >= 4 is 137 Å². The Labute approximate surface area is 433 Å². The van der Waals surface area contributed by atoms with Crippen molar-refractivity contribution < 1.29 is 0 Å². The molecule has 3 nitrogen and oxygen atoms in total. The van der Waals surface area contributed by atoms with Gasteiger partial charge in [-0.2, -0.15) is 0 Å². The highest BCUT2D eigenvalue weighted by atomic mass is 32.1. The smallest absolute Gasteiger partial charge is 0.277 e. The number of benzene rings is 7. The fourth-order valence-electron chi connectivity index (χ4n) is 13.3. The molecule has 72 heavy (non-hydrogen) atoms. The lowest BCUT2D eigenvalue weighted by Crippen LogP contribution is -2.59. The number of hydrogen-bond donors (Lipinski definition) is 0. The normalized spacial score (nSPS) is 16.4. The van der Waals surface area contributed by atoms with E-state index >= 15 is 0 Å². The van der Waals surface area contributed by atoms with E-state index in [1.807, 2.05) is 22.7 Å². The molecule has 0 amide bonds. The molecule has 3 aliphatic rings. The predicted molar refractivity (Wildman–Crippen MR) is 317 cm³/mol. The van der Waals surface area contributed by atoms with E-state index in [1.165, 1.54) is 142 Å². The molecule has 0 unspecified atom stereocenters. The van der Waals surface area contributed by atoms with E-state index in [4.69, 9.17) is 0 Å². The van der Waals surface area contributed by atoms with Crippen LogP contribution < -0.4 is 24.8 Å². The van der Waals surface area contributed by atoms with Crippen LogP contribution in [0.25, 0.3) is 58.3 Å².